The number of nitrogens with one attached hydrogen (secondary N) is 1. The van der Waals surface area contributed by atoms with Gasteiger partial charge in [0.2, 0.25) is 0 Å². The summed E-state index contributed by atoms with van der Waals surface area (Å²) in [5.41, 5.74) is 1.38. The number of hydrogen-bond acceptors (Lipinski definition) is 2. The fraction of sp³-hybridized carbons (Fsp3) is 0.133. The zero-order valence-electron chi connectivity index (χ0n) is 10.8. The van der Waals surface area contributed by atoms with Crippen LogP contribution in [0.3, 0.4) is 0 Å². The maximum atomic E-state index is 11.7. The first kappa shape index (κ1) is 14.7. The Kier molecular flexibility index (Phi) is 4.88. The van der Waals surface area contributed by atoms with Gasteiger partial charge in [-0.15, -0.1) is 0 Å². The van der Waals surface area contributed by atoms with Gasteiger partial charge in [-0.25, -0.2) is 0 Å². The average molecular weight is 310 g/mol. The van der Waals surface area contributed by atoms with E-state index in [0.29, 0.717) is 28.0 Å². The number of ether oxygens (including phenoxy) is 1. The summed E-state index contributed by atoms with van der Waals surface area (Å²) in [4.78, 5) is 11.7. The van der Waals surface area contributed by atoms with E-state index in [1.165, 1.54) is 0 Å². The van der Waals surface area contributed by atoms with Gasteiger partial charge >= 0.3 is 0 Å². The predicted octanol–water partition coefficient (Wildman–Crippen LogP) is 3.93. The number of hydrogen-bond donors (Lipinski definition) is 1. The summed E-state index contributed by atoms with van der Waals surface area (Å²) in [6.07, 6.45) is 0. The average Bonchev–Trinajstić information content (AvgIpc) is 2.48. The molecule has 20 heavy (non-hydrogen) atoms. The number of benzene rings is 2. The van der Waals surface area contributed by atoms with E-state index in [1.54, 1.807) is 37.4 Å². The van der Waals surface area contributed by atoms with E-state index in [-0.39, 0.29) is 5.91 Å². The van der Waals surface area contributed by atoms with Gasteiger partial charge < -0.3 is 10.1 Å². The highest BCUT2D eigenvalue weighted by atomic mass is 35.5. The first-order valence-electron chi connectivity index (χ1n) is 5.99. The van der Waals surface area contributed by atoms with Gasteiger partial charge in [0.05, 0.1) is 15.6 Å². The summed E-state index contributed by atoms with van der Waals surface area (Å²) in [6.45, 7) is 0.310. The predicted molar refractivity (Wildman–Crippen MR) is 80.6 cm³/mol. The molecule has 2 aromatic carbocycles. The minimum absolute atomic E-state index is 0.185. The first-order chi connectivity index (χ1) is 9.61. The minimum atomic E-state index is -0.185. The van der Waals surface area contributed by atoms with Crippen molar-refractivity contribution < 1.29 is 9.53 Å². The van der Waals surface area contributed by atoms with Gasteiger partial charge in [0.15, 0.2) is 0 Å². The number of halogens is 2. The van der Waals surface area contributed by atoms with Gasteiger partial charge in [-0.05, 0) is 29.8 Å². The number of rotatable bonds is 4. The molecule has 0 bridgehead atoms. The van der Waals surface area contributed by atoms with Crippen molar-refractivity contribution in [2.45, 2.75) is 6.61 Å². The normalized spacial score (nSPS) is 10.2. The maximum absolute atomic E-state index is 11.7. The van der Waals surface area contributed by atoms with E-state index < -0.39 is 0 Å². The molecule has 0 aromatic heterocycles. The largest absolute Gasteiger partial charge is 0.488 e. The molecule has 0 aliphatic heterocycles. The van der Waals surface area contributed by atoms with Crippen molar-refractivity contribution in [3.63, 3.8) is 0 Å². The molecule has 0 unspecified atom stereocenters. The first-order valence-corrected chi connectivity index (χ1v) is 6.75. The van der Waals surface area contributed by atoms with Crippen molar-refractivity contribution in [2.75, 3.05) is 7.05 Å². The molecule has 0 saturated carbocycles. The van der Waals surface area contributed by atoms with Crippen LogP contribution in [0.5, 0.6) is 5.75 Å². The van der Waals surface area contributed by atoms with Crippen molar-refractivity contribution in [1.29, 1.82) is 0 Å². The van der Waals surface area contributed by atoms with Crippen LogP contribution in [0.25, 0.3) is 0 Å². The zero-order chi connectivity index (χ0) is 14.5. The Morgan fingerprint density at radius 3 is 2.60 bits per heavy atom. The molecule has 0 saturated heterocycles. The number of carbonyl (C=O) groups is 1. The molecule has 5 heteroatoms. The molecule has 1 amide bonds. The fourth-order valence-electron chi connectivity index (χ4n) is 1.71. The second-order valence-electron chi connectivity index (χ2n) is 4.11. The SMILES string of the molecule is CNC(=O)c1ccccc1OCc1ccc(Cl)c(Cl)c1. The molecular weight excluding hydrogens is 297 g/mol. The number of amides is 1. The Bertz CT molecular complexity index is 629. The van der Waals surface area contributed by atoms with Gasteiger partial charge in [-0.3, -0.25) is 4.79 Å². The van der Waals surface area contributed by atoms with E-state index in [2.05, 4.69) is 5.32 Å². The van der Waals surface area contributed by atoms with Gasteiger partial charge in [0.1, 0.15) is 12.4 Å². The van der Waals surface area contributed by atoms with Crippen molar-refractivity contribution in [2.24, 2.45) is 0 Å². The van der Waals surface area contributed by atoms with E-state index in [4.69, 9.17) is 27.9 Å². The Morgan fingerprint density at radius 1 is 1.15 bits per heavy atom. The van der Waals surface area contributed by atoms with Crippen LogP contribution in [0, 0.1) is 0 Å². The van der Waals surface area contributed by atoms with Crippen molar-refractivity contribution in [3.05, 3.63) is 63.6 Å². The molecule has 0 atom stereocenters. The van der Waals surface area contributed by atoms with Gasteiger partial charge in [0, 0.05) is 7.05 Å². The van der Waals surface area contributed by atoms with Gasteiger partial charge in [-0.2, -0.15) is 0 Å². The Labute approximate surface area is 127 Å². The molecular formula is C15H13Cl2NO2. The van der Waals surface area contributed by atoms with Crippen molar-refractivity contribution in [1.82, 2.24) is 5.32 Å². The molecule has 0 aliphatic rings. The molecule has 104 valence electrons. The number of para-hydroxylation sites is 1. The summed E-state index contributed by atoms with van der Waals surface area (Å²) in [5, 5.41) is 3.56. The topological polar surface area (TPSA) is 38.3 Å². The van der Waals surface area contributed by atoms with E-state index in [0.717, 1.165) is 5.56 Å². The van der Waals surface area contributed by atoms with Crippen LogP contribution < -0.4 is 10.1 Å². The highest BCUT2D eigenvalue weighted by Gasteiger charge is 2.10. The molecule has 0 radical (unpaired) electrons. The van der Waals surface area contributed by atoms with Crippen LogP contribution in [-0.2, 0) is 6.61 Å². The monoisotopic (exact) mass is 309 g/mol. The van der Waals surface area contributed by atoms with Crippen LogP contribution >= 0.6 is 23.2 Å². The highest BCUT2D eigenvalue weighted by Crippen LogP contribution is 2.24. The molecule has 0 heterocycles. The lowest BCUT2D eigenvalue weighted by molar-refractivity contribution is 0.0958. The summed E-state index contributed by atoms with van der Waals surface area (Å²) in [7, 11) is 1.58. The van der Waals surface area contributed by atoms with Crippen LogP contribution in [0.2, 0.25) is 10.0 Å². The fourth-order valence-corrected chi connectivity index (χ4v) is 2.03. The van der Waals surface area contributed by atoms with Crippen molar-refractivity contribution in [3.8, 4) is 5.75 Å². The Balaban J connectivity index is 2.14. The summed E-state index contributed by atoms with van der Waals surface area (Å²) < 4.78 is 5.68. The van der Waals surface area contributed by atoms with E-state index in [9.17, 15) is 4.79 Å². The lowest BCUT2D eigenvalue weighted by atomic mass is 10.2. The lowest BCUT2D eigenvalue weighted by Crippen LogP contribution is -2.18. The maximum Gasteiger partial charge on any atom is 0.254 e. The van der Waals surface area contributed by atoms with Crippen LogP contribution in [-0.4, -0.2) is 13.0 Å². The molecule has 2 rings (SSSR count). The molecule has 2 aromatic rings. The molecule has 3 nitrogen and oxygen atoms in total. The van der Waals surface area contributed by atoms with Gasteiger partial charge in [-0.1, -0.05) is 41.4 Å². The van der Waals surface area contributed by atoms with Crippen LogP contribution in [0.15, 0.2) is 42.5 Å². The second kappa shape index (κ2) is 6.64. The van der Waals surface area contributed by atoms with Crippen LogP contribution in [0.1, 0.15) is 15.9 Å². The van der Waals surface area contributed by atoms with Crippen molar-refractivity contribution >= 4 is 29.1 Å². The van der Waals surface area contributed by atoms with Crippen LogP contribution in [0.4, 0.5) is 0 Å². The standard InChI is InChI=1S/C15H13Cl2NO2/c1-18-15(19)11-4-2-3-5-14(11)20-9-10-6-7-12(16)13(17)8-10/h2-8H,9H2,1H3,(H,18,19). The smallest absolute Gasteiger partial charge is 0.254 e. The van der Waals surface area contributed by atoms with Gasteiger partial charge in [0.25, 0.3) is 5.91 Å². The third-order valence-corrected chi connectivity index (χ3v) is 3.48. The third-order valence-electron chi connectivity index (χ3n) is 2.74. The molecule has 0 aliphatic carbocycles. The second-order valence-corrected chi connectivity index (χ2v) is 4.93. The highest BCUT2D eigenvalue weighted by molar-refractivity contribution is 6.42. The summed E-state index contributed by atoms with van der Waals surface area (Å²) >= 11 is 11.8. The molecule has 0 spiro atoms. The number of carbonyl (C=O) groups excluding carboxylic acids is 1. The molecule has 1 N–H and O–H groups in total. The summed E-state index contributed by atoms with van der Waals surface area (Å²) in [5.74, 6) is 0.340. The minimum Gasteiger partial charge on any atom is -0.488 e. The quantitative estimate of drug-likeness (QED) is 0.929. The Hall–Kier alpha value is -1.71. The third kappa shape index (κ3) is 3.44. The van der Waals surface area contributed by atoms with E-state index in [1.807, 2.05) is 12.1 Å². The Morgan fingerprint density at radius 2 is 1.90 bits per heavy atom. The van der Waals surface area contributed by atoms with E-state index >= 15 is 0 Å². The molecule has 0 fully saturated rings. The zero-order valence-corrected chi connectivity index (χ0v) is 12.3. The summed E-state index contributed by atoms with van der Waals surface area (Å²) in [6, 6.07) is 12.4. The lowest BCUT2D eigenvalue weighted by Gasteiger charge is -2.11.